The predicted molar refractivity (Wildman–Crippen MR) is 64.1 cm³/mol. The van der Waals surface area contributed by atoms with Gasteiger partial charge in [0.15, 0.2) is 0 Å². The van der Waals surface area contributed by atoms with Gasteiger partial charge in [0, 0.05) is 18.5 Å². The van der Waals surface area contributed by atoms with Crippen LogP contribution in [0.15, 0.2) is 11.4 Å². The lowest BCUT2D eigenvalue weighted by Gasteiger charge is -2.20. The van der Waals surface area contributed by atoms with E-state index in [-0.39, 0.29) is 5.91 Å². The minimum absolute atomic E-state index is 0.0261. The van der Waals surface area contributed by atoms with Crippen LogP contribution in [0.4, 0.5) is 0 Å². The number of thiophene rings is 1. The van der Waals surface area contributed by atoms with E-state index in [0.717, 1.165) is 12.8 Å². The third-order valence-electron chi connectivity index (χ3n) is 2.39. The Morgan fingerprint density at radius 2 is 2.33 bits per heavy atom. The quantitative estimate of drug-likeness (QED) is 0.764. The number of hydrogen-bond donors (Lipinski definition) is 0. The molecule has 1 amide bonds. The summed E-state index contributed by atoms with van der Waals surface area (Å²) in [4.78, 5) is 14.6. The van der Waals surface area contributed by atoms with E-state index in [9.17, 15) is 4.79 Å². The van der Waals surface area contributed by atoms with Crippen LogP contribution in [0.5, 0.6) is 0 Å². The summed E-state index contributed by atoms with van der Waals surface area (Å²) in [5, 5.41) is 2.38. The lowest BCUT2D eigenvalue weighted by atomic mass is 10.3. The standard InChI is InChI=1S/C10H11Cl2NOS/c11-4-5-13(7-1-2-7)10(14)9-8(12)3-6-15-9/h3,6-7H,1-2,4-5H2. The van der Waals surface area contributed by atoms with Gasteiger partial charge in [0.2, 0.25) is 0 Å². The third-order valence-corrected chi connectivity index (χ3v) is 3.88. The van der Waals surface area contributed by atoms with E-state index in [2.05, 4.69) is 0 Å². The molecule has 1 aliphatic carbocycles. The van der Waals surface area contributed by atoms with Crippen molar-refractivity contribution in [2.45, 2.75) is 18.9 Å². The van der Waals surface area contributed by atoms with E-state index in [4.69, 9.17) is 23.2 Å². The number of halogens is 2. The molecule has 0 saturated heterocycles. The molecule has 1 heterocycles. The van der Waals surface area contributed by atoms with Crippen molar-refractivity contribution in [1.29, 1.82) is 0 Å². The largest absolute Gasteiger partial charge is 0.334 e. The van der Waals surface area contributed by atoms with Gasteiger partial charge in [0.05, 0.1) is 5.02 Å². The molecule has 82 valence electrons. The Balaban J connectivity index is 2.14. The zero-order valence-corrected chi connectivity index (χ0v) is 10.4. The first-order valence-corrected chi connectivity index (χ1v) is 6.63. The maximum Gasteiger partial charge on any atom is 0.265 e. The van der Waals surface area contributed by atoms with Crippen molar-refractivity contribution in [3.05, 3.63) is 21.3 Å². The molecule has 1 fully saturated rings. The highest BCUT2D eigenvalue weighted by atomic mass is 35.5. The van der Waals surface area contributed by atoms with Crippen molar-refractivity contribution < 1.29 is 4.79 Å². The minimum atomic E-state index is 0.0261. The van der Waals surface area contributed by atoms with Gasteiger partial charge in [-0.2, -0.15) is 0 Å². The molecule has 0 spiro atoms. The van der Waals surface area contributed by atoms with Crippen molar-refractivity contribution in [3.8, 4) is 0 Å². The molecule has 0 unspecified atom stereocenters. The van der Waals surface area contributed by atoms with E-state index in [1.807, 2.05) is 10.3 Å². The molecule has 0 atom stereocenters. The van der Waals surface area contributed by atoms with Crippen molar-refractivity contribution >= 4 is 40.4 Å². The molecule has 2 rings (SSSR count). The first-order chi connectivity index (χ1) is 7.24. The van der Waals surface area contributed by atoms with Gasteiger partial charge < -0.3 is 4.90 Å². The molecule has 1 aromatic heterocycles. The maximum atomic E-state index is 12.1. The van der Waals surface area contributed by atoms with Gasteiger partial charge in [-0.15, -0.1) is 22.9 Å². The molecular formula is C10H11Cl2NOS. The number of nitrogens with zero attached hydrogens (tertiary/aromatic N) is 1. The Morgan fingerprint density at radius 3 is 2.80 bits per heavy atom. The fraction of sp³-hybridized carbons (Fsp3) is 0.500. The van der Waals surface area contributed by atoms with Gasteiger partial charge in [-0.3, -0.25) is 4.79 Å². The predicted octanol–water partition coefficient (Wildman–Crippen LogP) is 3.24. The second-order valence-corrected chi connectivity index (χ2v) is 5.22. The molecule has 1 saturated carbocycles. The topological polar surface area (TPSA) is 20.3 Å². The van der Waals surface area contributed by atoms with Crippen molar-refractivity contribution in [1.82, 2.24) is 4.90 Å². The lowest BCUT2D eigenvalue weighted by Crippen LogP contribution is -2.34. The highest BCUT2D eigenvalue weighted by Crippen LogP contribution is 2.31. The van der Waals surface area contributed by atoms with Crippen molar-refractivity contribution in [3.63, 3.8) is 0 Å². The molecule has 0 radical (unpaired) electrons. The first kappa shape index (κ1) is 11.2. The van der Waals surface area contributed by atoms with Crippen molar-refractivity contribution in [2.24, 2.45) is 0 Å². The van der Waals surface area contributed by atoms with Crippen LogP contribution < -0.4 is 0 Å². The molecule has 1 aliphatic rings. The summed E-state index contributed by atoms with van der Waals surface area (Å²) in [6.07, 6.45) is 2.18. The van der Waals surface area contributed by atoms with Gasteiger partial charge in [-0.05, 0) is 24.3 Å². The second-order valence-electron chi connectivity index (χ2n) is 3.52. The fourth-order valence-electron chi connectivity index (χ4n) is 1.50. The SMILES string of the molecule is O=C(c1sccc1Cl)N(CCCl)C1CC1. The average Bonchev–Trinajstić information content (AvgIpc) is 2.97. The Kier molecular flexibility index (Phi) is 3.54. The van der Waals surface area contributed by atoms with E-state index >= 15 is 0 Å². The Hall–Kier alpha value is -0.250. The zero-order chi connectivity index (χ0) is 10.8. The molecule has 0 aromatic carbocycles. The summed E-state index contributed by atoms with van der Waals surface area (Å²) in [6.45, 7) is 0.610. The van der Waals surface area contributed by atoms with Crippen LogP contribution in [0.25, 0.3) is 0 Å². The monoisotopic (exact) mass is 263 g/mol. The molecule has 2 nitrogen and oxygen atoms in total. The van der Waals surface area contributed by atoms with Crippen LogP contribution in [0.2, 0.25) is 5.02 Å². The summed E-state index contributed by atoms with van der Waals surface area (Å²) in [6, 6.07) is 2.14. The van der Waals surface area contributed by atoms with Crippen LogP contribution in [-0.4, -0.2) is 29.3 Å². The van der Waals surface area contributed by atoms with Crippen LogP contribution in [0.1, 0.15) is 22.5 Å². The number of rotatable bonds is 4. The summed E-state index contributed by atoms with van der Waals surface area (Å²) >= 11 is 13.0. The molecule has 0 N–H and O–H groups in total. The van der Waals surface area contributed by atoms with Gasteiger partial charge in [-0.1, -0.05) is 11.6 Å². The normalized spacial score (nSPS) is 15.3. The summed E-state index contributed by atoms with van der Waals surface area (Å²) < 4.78 is 0. The second kappa shape index (κ2) is 4.73. The summed E-state index contributed by atoms with van der Waals surface area (Å²) in [5.74, 6) is 0.503. The van der Waals surface area contributed by atoms with E-state index < -0.39 is 0 Å². The van der Waals surface area contributed by atoms with Crippen LogP contribution in [-0.2, 0) is 0 Å². The molecule has 0 bridgehead atoms. The van der Waals surface area contributed by atoms with E-state index in [0.29, 0.717) is 28.4 Å². The molecular weight excluding hydrogens is 253 g/mol. The van der Waals surface area contributed by atoms with Gasteiger partial charge in [0.1, 0.15) is 4.88 Å². The smallest absolute Gasteiger partial charge is 0.265 e. The lowest BCUT2D eigenvalue weighted by molar-refractivity contribution is 0.0759. The van der Waals surface area contributed by atoms with Gasteiger partial charge in [0.25, 0.3) is 5.91 Å². The van der Waals surface area contributed by atoms with Crippen LogP contribution in [0.3, 0.4) is 0 Å². The van der Waals surface area contributed by atoms with E-state index in [1.165, 1.54) is 11.3 Å². The average molecular weight is 264 g/mol. The first-order valence-electron chi connectivity index (χ1n) is 4.84. The Bertz CT molecular complexity index is 362. The number of carbonyl (C=O) groups excluding carboxylic acids is 1. The van der Waals surface area contributed by atoms with Crippen LogP contribution in [0, 0.1) is 0 Å². The highest BCUT2D eigenvalue weighted by molar-refractivity contribution is 7.12. The molecule has 0 aliphatic heterocycles. The number of carbonyl (C=O) groups is 1. The molecule has 1 aromatic rings. The zero-order valence-electron chi connectivity index (χ0n) is 8.08. The van der Waals surface area contributed by atoms with Crippen molar-refractivity contribution in [2.75, 3.05) is 12.4 Å². The Morgan fingerprint density at radius 1 is 1.60 bits per heavy atom. The minimum Gasteiger partial charge on any atom is -0.334 e. The van der Waals surface area contributed by atoms with Gasteiger partial charge in [-0.25, -0.2) is 0 Å². The highest BCUT2D eigenvalue weighted by Gasteiger charge is 2.33. The summed E-state index contributed by atoms with van der Waals surface area (Å²) in [5.41, 5.74) is 0. The number of hydrogen-bond acceptors (Lipinski definition) is 2. The fourth-order valence-corrected chi connectivity index (χ4v) is 2.78. The van der Waals surface area contributed by atoms with E-state index in [1.54, 1.807) is 6.07 Å². The van der Waals surface area contributed by atoms with Crippen LogP contribution >= 0.6 is 34.5 Å². The summed E-state index contributed by atoms with van der Waals surface area (Å²) in [7, 11) is 0. The molecule has 15 heavy (non-hydrogen) atoms. The third kappa shape index (κ3) is 2.47. The van der Waals surface area contributed by atoms with Gasteiger partial charge >= 0.3 is 0 Å². The number of amides is 1. The maximum absolute atomic E-state index is 12.1. The Labute approximate surface area is 103 Å². The molecule has 5 heteroatoms. The number of alkyl halides is 1.